The second kappa shape index (κ2) is 6.52. The van der Waals surface area contributed by atoms with E-state index < -0.39 is 0 Å². The third-order valence-corrected chi connectivity index (χ3v) is 2.12. The molecule has 92 valence electrons. The molecule has 0 aliphatic rings. The molecule has 5 nitrogen and oxygen atoms in total. The van der Waals surface area contributed by atoms with Gasteiger partial charge in [-0.25, -0.2) is 0 Å². The molecule has 0 fully saturated rings. The van der Waals surface area contributed by atoms with Gasteiger partial charge in [-0.15, -0.1) is 0 Å². The van der Waals surface area contributed by atoms with Gasteiger partial charge in [0.25, 0.3) is 5.91 Å². The number of hydrogen-bond donors (Lipinski definition) is 2. The summed E-state index contributed by atoms with van der Waals surface area (Å²) in [4.78, 5) is 22.8. The third-order valence-electron chi connectivity index (χ3n) is 2.12. The zero-order valence-electron chi connectivity index (χ0n) is 9.95. The highest BCUT2D eigenvalue weighted by Crippen LogP contribution is 2.17. The second-order valence-electron chi connectivity index (χ2n) is 3.29. The van der Waals surface area contributed by atoms with E-state index in [4.69, 9.17) is 4.74 Å². The lowest BCUT2D eigenvalue weighted by molar-refractivity contribution is -0.119. The number of nitrogens with one attached hydrogen (secondary N) is 2. The molecular formula is C12H16N2O3. The van der Waals surface area contributed by atoms with Crippen molar-refractivity contribution in [1.29, 1.82) is 0 Å². The lowest BCUT2D eigenvalue weighted by Crippen LogP contribution is -2.35. The van der Waals surface area contributed by atoms with Crippen molar-refractivity contribution < 1.29 is 14.3 Å². The first-order valence-electron chi connectivity index (χ1n) is 5.39. The maximum Gasteiger partial charge on any atom is 0.255 e. The van der Waals surface area contributed by atoms with E-state index in [0.717, 1.165) is 0 Å². The average Bonchev–Trinajstić information content (AvgIpc) is 2.36. The molecule has 0 spiro atoms. The van der Waals surface area contributed by atoms with Crippen molar-refractivity contribution >= 4 is 11.8 Å². The number of likely N-dealkylation sites (N-methyl/N-ethyl adjacent to an activating group) is 1. The normalized spacial score (nSPS) is 9.53. The molecule has 0 saturated heterocycles. The number of hydrogen-bond acceptors (Lipinski definition) is 3. The molecule has 0 unspecified atom stereocenters. The van der Waals surface area contributed by atoms with E-state index in [2.05, 4.69) is 10.6 Å². The maximum absolute atomic E-state index is 11.8. The quantitative estimate of drug-likeness (QED) is 0.785. The Balaban J connectivity index is 2.71. The van der Waals surface area contributed by atoms with Gasteiger partial charge in [0.1, 0.15) is 5.75 Å². The van der Waals surface area contributed by atoms with Gasteiger partial charge in [0.05, 0.1) is 18.7 Å². The summed E-state index contributed by atoms with van der Waals surface area (Å²) in [5.41, 5.74) is 0.429. The molecule has 0 aliphatic heterocycles. The van der Waals surface area contributed by atoms with E-state index in [-0.39, 0.29) is 18.4 Å². The Morgan fingerprint density at radius 1 is 1.29 bits per heavy atom. The van der Waals surface area contributed by atoms with E-state index in [1.165, 1.54) is 7.05 Å². The third kappa shape index (κ3) is 3.79. The molecule has 1 rings (SSSR count). The largest absolute Gasteiger partial charge is 0.493 e. The van der Waals surface area contributed by atoms with Crippen LogP contribution in [-0.4, -0.2) is 32.0 Å². The van der Waals surface area contributed by atoms with E-state index in [9.17, 15) is 9.59 Å². The number of rotatable bonds is 5. The average molecular weight is 236 g/mol. The Kier molecular flexibility index (Phi) is 5.00. The molecule has 0 heterocycles. The van der Waals surface area contributed by atoms with Gasteiger partial charge in [-0.05, 0) is 19.1 Å². The molecule has 5 heteroatoms. The van der Waals surface area contributed by atoms with Crippen LogP contribution in [0.4, 0.5) is 0 Å². The van der Waals surface area contributed by atoms with Crippen molar-refractivity contribution in [2.75, 3.05) is 20.2 Å². The van der Waals surface area contributed by atoms with E-state index in [0.29, 0.717) is 17.9 Å². The number of benzene rings is 1. The van der Waals surface area contributed by atoms with Crippen LogP contribution in [0.5, 0.6) is 5.75 Å². The predicted octanol–water partition coefficient (Wildman–Crippen LogP) is 0.561. The highest BCUT2D eigenvalue weighted by atomic mass is 16.5. The van der Waals surface area contributed by atoms with Crippen LogP contribution in [0.25, 0.3) is 0 Å². The fraction of sp³-hybridized carbons (Fsp3) is 0.333. The van der Waals surface area contributed by atoms with Crippen LogP contribution in [-0.2, 0) is 4.79 Å². The van der Waals surface area contributed by atoms with Crippen LogP contribution < -0.4 is 15.4 Å². The van der Waals surface area contributed by atoms with E-state index >= 15 is 0 Å². The maximum atomic E-state index is 11.8. The first-order chi connectivity index (χ1) is 8.19. The smallest absolute Gasteiger partial charge is 0.255 e. The van der Waals surface area contributed by atoms with Gasteiger partial charge < -0.3 is 15.4 Å². The van der Waals surface area contributed by atoms with Crippen LogP contribution in [0.1, 0.15) is 17.3 Å². The fourth-order valence-electron chi connectivity index (χ4n) is 1.28. The minimum Gasteiger partial charge on any atom is -0.493 e. The van der Waals surface area contributed by atoms with Gasteiger partial charge in [0.2, 0.25) is 5.91 Å². The highest BCUT2D eigenvalue weighted by Gasteiger charge is 2.12. The molecule has 0 radical (unpaired) electrons. The standard InChI is InChI=1S/C12H16N2O3/c1-3-17-10-7-5-4-6-9(10)12(16)14-8-11(15)13-2/h4-7H,3,8H2,1-2H3,(H,13,15)(H,14,16). The van der Waals surface area contributed by atoms with Gasteiger partial charge >= 0.3 is 0 Å². The summed E-state index contributed by atoms with van der Waals surface area (Å²) in [6.45, 7) is 2.29. The molecule has 1 aromatic carbocycles. The van der Waals surface area contributed by atoms with Crippen LogP contribution in [0, 0.1) is 0 Å². The molecule has 0 atom stereocenters. The summed E-state index contributed by atoms with van der Waals surface area (Å²) in [5, 5.41) is 4.94. The highest BCUT2D eigenvalue weighted by molar-refractivity contribution is 5.98. The molecule has 17 heavy (non-hydrogen) atoms. The minimum atomic E-state index is -0.322. The van der Waals surface area contributed by atoms with Crippen LogP contribution in [0.3, 0.4) is 0 Å². The number of ether oxygens (including phenoxy) is 1. The van der Waals surface area contributed by atoms with E-state index in [1.54, 1.807) is 24.3 Å². The fourth-order valence-corrected chi connectivity index (χ4v) is 1.28. The lowest BCUT2D eigenvalue weighted by atomic mass is 10.2. The van der Waals surface area contributed by atoms with Crippen LogP contribution >= 0.6 is 0 Å². The van der Waals surface area contributed by atoms with E-state index in [1.807, 2.05) is 6.92 Å². The Morgan fingerprint density at radius 3 is 2.65 bits per heavy atom. The summed E-state index contributed by atoms with van der Waals surface area (Å²) in [7, 11) is 1.52. The first kappa shape index (κ1) is 13.0. The molecule has 2 amide bonds. The van der Waals surface area contributed by atoms with Crippen molar-refractivity contribution in [3.05, 3.63) is 29.8 Å². The van der Waals surface area contributed by atoms with Crippen molar-refractivity contribution in [1.82, 2.24) is 10.6 Å². The SMILES string of the molecule is CCOc1ccccc1C(=O)NCC(=O)NC. The molecule has 0 saturated carbocycles. The van der Waals surface area contributed by atoms with Crippen molar-refractivity contribution in [2.24, 2.45) is 0 Å². The summed E-state index contributed by atoms with van der Waals surface area (Å²) >= 11 is 0. The molecular weight excluding hydrogens is 220 g/mol. The monoisotopic (exact) mass is 236 g/mol. The summed E-state index contributed by atoms with van der Waals surface area (Å²) < 4.78 is 5.33. The molecule has 2 N–H and O–H groups in total. The van der Waals surface area contributed by atoms with Gasteiger partial charge in [0, 0.05) is 7.05 Å². The van der Waals surface area contributed by atoms with Gasteiger partial charge in [-0.3, -0.25) is 9.59 Å². The van der Waals surface area contributed by atoms with Gasteiger partial charge in [0.15, 0.2) is 0 Å². The number of carbonyl (C=O) groups excluding carboxylic acids is 2. The zero-order chi connectivity index (χ0) is 12.7. The topological polar surface area (TPSA) is 67.4 Å². The molecule has 0 aromatic heterocycles. The Morgan fingerprint density at radius 2 is 2.00 bits per heavy atom. The minimum absolute atomic E-state index is 0.0458. The lowest BCUT2D eigenvalue weighted by Gasteiger charge is -2.09. The number of amides is 2. The molecule has 1 aromatic rings. The van der Waals surface area contributed by atoms with Crippen molar-refractivity contribution in [2.45, 2.75) is 6.92 Å². The predicted molar refractivity (Wildman–Crippen MR) is 64.0 cm³/mol. The summed E-state index contributed by atoms with van der Waals surface area (Å²) in [5.74, 6) is -0.0469. The number of para-hydroxylation sites is 1. The Bertz CT molecular complexity index is 404. The molecule has 0 aliphatic carbocycles. The molecule has 0 bridgehead atoms. The van der Waals surface area contributed by atoms with Gasteiger partial charge in [-0.2, -0.15) is 0 Å². The summed E-state index contributed by atoms with van der Waals surface area (Å²) in [6.07, 6.45) is 0. The number of carbonyl (C=O) groups is 2. The first-order valence-corrected chi connectivity index (χ1v) is 5.39. The Labute approximate surface area is 100 Å². The Hall–Kier alpha value is -2.04. The van der Waals surface area contributed by atoms with Crippen LogP contribution in [0.15, 0.2) is 24.3 Å². The van der Waals surface area contributed by atoms with Crippen molar-refractivity contribution in [3.8, 4) is 5.75 Å². The van der Waals surface area contributed by atoms with Crippen molar-refractivity contribution in [3.63, 3.8) is 0 Å². The zero-order valence-corrected chi connectivity index (χ0v) is 9.95. The van der Waals surface area contributed by atoms with Gasteiger partial charge in [-0.1, -0.05) is 12.1 Å². The van der Waals surface area contributed by atoms with Crippen LogP contribution in [0.2, 0.25) is 0 Å². The summed E-state index contributed by atoms with van der Waals surface area (Å²) in [6, 6.07) is 6.92. The second-order valence-corrected chi connectivity index (χ2v) is 3.29.